The summed E-state index contributed by atoms with van der Waals surface area (Å²) in [4.78, 5) is 4.16. The highest BCUT2D eigenvalue weighted by Crippen LogP contribution is 2.27. The Morgan fingerprint density at radius 2 is 2.11 bits per heavy atom. The predicted octanol–water partition coefficient (Wildman–Crippen LogP) is 2.25. The zero-order valence-electron chi connectivity index (χ0n) is 12.7. The van der Waals surface area contributed by atoms with E-state index in [2.05, 4.69) is 38.0 Å². The molecule has 1 rings (SSSR count). The third-order valence-electron chi connectivity index (χ3n) is 3.32. The van der Waals surface area contributed by atoms with Crippen LogP contribution >= 0.6 is 0 Å². The summed E-state index contributed by atoms with van der Waals surface area (Å²) in [6, 6.07) is 2.07. The van der Waals surface area contributed by atoms with Gasteiger partial charge in [0.2, 0.25) is 0 Å². The summed E-state index contributed by atoms with van der Waals surface area (Å²) in [5.41, 5.74) is 7.94. The van der Waals surface area contributed by atoms with Crippen molar-refractivity contribution in [2.75, 3.05) is 19.4 Å². The number of nitrogens with zero attached hydrogens (tertiary/aromatic N) is 1. The minimum Gasteiger partial charge on any atom is -0.398 e. The fourth-order valence-corrected chi connectivity index (χ4v) is 2.52. The van der Waals surface area contributed by atoms with E-state index in [1.54, 1.807) is 13.3 Å². The van der Waals surface area contributed by atoms with Crippen molar-refractivity contribution in [1.29, 1.82) is 0 Å². The molecule has 2 unspecified atom stereocenters. The van der Waals surface area contributed by atoms with Gasteiger partial charge in [0.1, 0.15) is 0 Å². The van der Waals surface area contributed by atoms with Gasteiger partial charge in [-0.3, -0.25) is 4.98 Å². The minimum absolute atomic E-state index is 0.0680. The van der Waals surface area contributed by atoms with Gasteiger partial charge in [0.05, 0.1) is 6.10 Å². The van der Waals surface area contributed by atoms with Crippen LogP contribution in [0.2, 0.25) is 0 Å². The fraction of sp³-hybridized carbons (Fsp3) is 0.667. The molecule has 1 aromatic rings. The van der Waals surface area contributed by atoms with Gasteiger partial charge in [0.25, 0.3) is 0 Å². The van der Waals surface area contributed by atoms with E-state index < -0.39 is 0 Å². The number of nitrogen functional groups attached to an aromatic ring is 1. The van der Waals surface area contributed by atoms with Crippen molar-refractivity contribution in [1.82, 2.24) is 10.3 Å². The number of rotatable bonds is 6. The van der Waals surface area contributed by atoms with Gasteiger partial charge >= 0.3 is 0 Å². The van der Waals surface area contributed by atoms with E-state index in [0.717, 1.165) is 24.2 Å². The Morgan fingerprint density at radius 1 is 1.42 bits per heavy atom. The molecule has 0 saturated heterocycles. The number of hydrogen-bond acceptors (Lipinski definition) is 4. The lowest BCUT2D eigenvalue weighted by atomic mass is 9.82. The largest absolute Gasteiger partial charge is 0.398 e. The van der Waals surface area contributed by atoms with Crippen LogP contribution in [0.1, 0.15) is 33.3 Å². The maximum absolute atomic E-state index is 6.01. The van der Waals surface area contributed by atoms with Crippen LogP contribution < -0.4 is 11.1 Å². The number of likely N-dealkylation sites (N-methyl/N-ethyl adjacent to an activating group) is 1. The normalized spacial score (nSPS) is 15.2. The molecule has 1 heterocycles. The first kappa shape index (κ1) is 15.9. The molecule has 0 amide bonds. The number of aromatic nitrogens is 1. The quantitative estimate of drug-likeness (QED) is 0.828. The molecular formula is C15H27N3O. The summed E-state index contributed by atoms with van der Waals surface area (Å²) < 4.78 is 5.72. The number of methoxy groups -OCH3 is 1. The first-order valence-electron chi connectivity index (χ1n) is 6.84. The third-order valence-corrected chi connectivity index (χ3v) is 3.32. The van der Waals surface area contributed by atoms with Gasteiger partial charge in [-0.15, -0.1) is 0 Å². The van der Waals surface area contributed by atoms with Crippen LogP contribution in [0.15, 0.2) is 18.5 Å². The van der Waals surface area contributed by atoms with Gasteiger partial charge in [-0.05, 0) is 30.0 Å². The summed E-state index contributed by atoms with van der Waals surface area (Å²) in [6.07, 6.45) is 4.50. The molecule has 3 N–H and O–H groups in total. The van der Waals surface area contributed by atoms with Crippen LogP contribution in [0.25, 0.3) is 0 Å². The van der Waals surface area contributed by atoms with Crippen LogP contribution in [-0.2, 0) is 11.2 Å². The molecule has 1 aromatic heterocycles. The van der Waals surface area contributed by atoms with Crippen LogP contribution in [0.3, 0.4) is 0 Å². The van der Waals surface area contributed by atoms with Crippen LogP contribution in [0.4, 0.5) is 5.69 Å². The zero-order valence-corrected chi connectivity index (χ0v) is 12.7. The SMILES string of the molecule is CCNC(Cc1cnccc1N)C(OC)C(C)(C)C. The predicted molar refractivity (Wildman–Crippen MR) is 80.1 cm³/mol. The Morgan fingerprint density at radius 3 is 2.58 bits per heavy atom. The average Bonchev–Trinajstić information content (AvgIpc) is 2.31. The zero-order chi connectivity index (χ0) is 14.5. The van der Waals surface area contributed by atoms with Gasteiger partial charge < -0.3 is 15.8 Å². The van der Waals surface area contributed by atoms with Gasteiger partial charge in [0.15, 0.2) is 0 Å². The van der Waals surface area contributed by atoms with E-state index in [-0.39, 0.29) is 17.6 Å². The number of pyridine rings is 1. The Balaban J connectivity index is 2.91. The lowest BCUT2D eigenvalue weighted by Gasteiger charge is -2.36. The van der Waals surface area contributed by atoms with Crippen molar-refractivity contribution in [2.24, 2.45) is 5.41 Å². The summed E-state index contributed by atoms with van der Waals surface area (Å²) in [7, 11) is 1.77. The van der Waals surface area contributed by atoms with Gasteiger partial charge in [-0.25, -0.2) is 0 Å². The van der Waals surface area contributed by atoms with Crippen molar-refractivity contribution in [3.05, 3.63) is 24.0 Å². The molecule has 0 aliphatic rings. The fourth-order valence-electron chi connectivity index (χ4n) is 2.52. The molecule has 108 valence electrons. The van der Waals surface area contributed by atoms with Crippen molar-refractivity contribution in [3.8, 4) is 0 Å². The summed E-state index contributed by atoms with van der Waals surface area (Å²) >= 11 is 0. The van der Waals surface area contributed by atoms with E-state index >= 15 is 0 Å². The van der Waals surface area contributed by atoms with E-state index in [1.807, 2.05) is 12.3 Å². The van der Waals surface area contributed by atoms with Crippen LogP contribution in [-0.4, -0.2) is 30.8 Å². The highest BCUT2D eigenvalue weighted by Gasteiger charge is 2.32. The Kier molecular flexibility index (Phi) is 5.76. The van der Waals surface area contributed by atoms with Crippen LogP contribution in [0.5, 0.6) is 0 Å². The maximum Gasteiger partial charge on any atom is 0.0775 e. The maximum atomic E-state index is 6.01. The second kappa shape index (κ2) is 6.87. The molecule has 0 aromatic carbocycles. The molecule has 4 nitrogen and oxygen atoms in total. The number of anilines is 1. The Labute approximate surface area is 116 Å². The topological polar surface area (TPSA) is 60.2 Å². The number of ether oxygens (including phenoxy) is 1. The highest BCUT2D eigenvalue weighted by molar-refractivity contribution is 5.44. The lowest BCUT2D eigenvalue weighted by Crippen LogP contribution is -2.49. The molecule has 0 aliphatic heterocycles. The standard InChI is InChI=1S/C15H27N3O/c1-6-18-13(14(19-5)15(2,3)4)9-11-10-17-8-7-12(11)16/h7-8,10,13-14,18H,6,9H2,1-5H3,(H2,16,17). The first-order valence-corrected chi connectivity index (χ1v) is 6.84. The third kappa shape index (κ3) is 4.48. The molecule has 4 heteroatoms. The molecule has 0 fully saturated rings. The molecular weight excluding hydrogens is 238 g/mol. The number of nitrogens with two attached hydrogens (primary N) is 1. The van der Waals surface area contributed by atoms with Crippen molar-refractivity contribution in [2.45, 2.75) is 46.3 Å². The van der Waals surface area contributed by atoms with Gasteiger partial charge in [0, 0.05) is 31.2 Å². The molecule has 0 bridgehead atoms. The van der Waals surface area contributed by atoms with E-state index in [1.165, 1.54) is 0 Å². The Hall–Kier alpha value is -1.13. The van der Waals surface area contributed by atoms with Crippen molar-refractivity contribution in [3.63, 3.8) is 0 Å². The molecule has 2 atom stereocenters. The number of nitrogens with one attached hydrogen (secondary N) is 1. The molecule has 0 aliphatic carbocycles. The second-order valence-electron chi connectivity index (χ2n) is 5.97. The first-order chi connectivity index (χ1) is 8.90. The van der Waals surface area contributed by atoms with Crippen LogP contribution in [0, 0.1) is 5.41 Å². The molecule has 0 saturated carbocycles. The van der Waals surface area contributed by atoms with E-state index in [9.17, 15) is 0 Å². The monoisotopic (exact) mass is 265 g/mol. The van der Waals surface area contributed by atoms with E-state index in [0.29, 0.717) is 0 Å². The smallest absolute Gasteiger partial charge is 0.0775 e. The Bertz CT molecular complexity index is 387. The van der Waals surface area contributed by atoms with Gasteiger partial charge in [-0.1, -0.05) is 27.7 Å². The average molecular weight is 265 g/mol. The summed E-state index contributed by atoms with van der Waals surface area (Å²) in [5.74, 6) is 0. The summed E-state index contributed by atoms with van der Waals surface area (Å²) in [5, 5.41) is 3.51. The lowest BCUT2D eigenvalue weighted by molar-refractivity contribution is -0.0106. The van der Waals surface area contributed by atoms with Crippen molar-refractivity contribution >= 4 is 5.69 Å². The number of hydrogen-bond donors (Lipinski definition) is 2. The van der Waals surface area contributed by atoms with E-state index in [4.69, 9.17) is 10.5 Å². The molecule has 19 heavy (non-hydrogen) atoms. The molecule has 0 radical (unpaired) electrons. The summed E-state index contributed by atoms with van der Waals surface area (Å²) in [6.45, 7) is 9.59. The second-order valence-corrected chi connectivity index (χ2v) is 5.97. The van der Waals surface area contributed by atoms with Crippen molar-refractivity contribution < 1.29 is 4.74 Å². The van der Waals surface area contributed by atoms with Gasteiger partial charge in [-0.2, -0.15) is 0 Å². The minimum atomic E-state index is 0.0680. The highest BCUT2D eigenvalue weighted by atomic mass is 16.5. The molecule has 0 spiro atoms.